The minimum Gasteiger partial charge on any atom is -0.341 e. The number of nitrogens with zero attached hydrogens (tertiary/aromatic N) is 1. The molecule has 2 aliphatic rings. The Kier molecular flexibility index (Phi) is 3.68. The molecule has 1 heterocycles. The molecular weight excluding hydrogens is 266 g/mol. The topological polar surface area (TPSA) is 75.4 Å². The molecule has 0 spiro atoms. The van der Waals surface area contributed by atoms with Crippen LogP contribution in [0.4, 0.5) is 0 Å². The highest BCUT2D eigenvalue weighted by Crippen LogP contribution is 2.38. The lowest BCUT2D eigenvalue weighted by molar-refractivity contribution is -0.135. The summed E-state index contributed by atoms with van der Waals surface area (Å²) in [6.07, 6.45) is 3.14. The van der Waals surface area contributed by atoms with Crippen LogP contribution in [0.25, 0.3) is 0 Å². The first-order valence-electron chi connectivity index (χ1n) is 7.53. The Morgan fingerprint density at radius 2 is 1.76 bits per heavy atom. The molecule has 1 aliphatic carbocycles. The van der Waals surface area contributed by atoms with Gasteiger partial charge in [-0.3, -0.25) is 9.59 Å². The number of rotatable bonds is 3. The molecule has 0 radical (unpaired) electrons. The second-order valence-electron chi connectivity index (χ2n) is 6.03. The highest BCUT2D eigenvalue weighted by atomic mass is 16.2. The Labute approximate surface area is 124 Å². The lowest BCUT2D eigenvalue weighted by Crippen LogP contribution is -2.53. The number of carbonyl (C=O) groups is 2. The van der Waals surface area contributed by atoms with Crippen LogP contribution >= 0.6 is 0 Å². The van der Waals surface area contributed by atoms with E-state index in [9.17, 15) is 9.59 Å². The van der Waals surface area contributed by atoms with Gasteiger partial charge < -0.3 is 16.0 Å². The molecule has 0 aromatic heterocycles. The van der Waals surface area contributed by atoms with E-state index in [4.69, 9.17) is 5.73 Å². The minimum absolute atomic E-state index is 0.0543. The van der Waals surface area contributed by atoms with Crippen molar-refractivity contribution in [3.05, 3.63) is 35.9 Å². The van der Waals surface area contributed by atoms with E-state index in [1.165, 1.54) is 0 Å². The number of likely N-dealkylation sites (tertiary alicyclic amines) is 1. The van der Waals surface area contributed by atoms with Gasteiger partial charge in [-0.05, 0) is 37.8 Å². The van der Waals surface area contributed by atoms with E-state index in [1.807, 2.05) is 23.1 Å². The van der Waals surface area contributed by atoms with Crippen molar-refractivity contribution in [2.24, 2.45) is 5.73 Å². The lowest BCUT2D eigenvalue weighted by atomic mass is 10.0. The normalized spacial score (nSPS) is 20.9. The van der Waals surface area contributed by atoms with Gasteiger partial charge in [-0.1, -0.05) is 18.2 Å². The maximum Gasteiger partial charge on any atom is 0.252 e. The second-order valence-corrected chi connectivity index (χ2v) is 6.03. The van der Waals surface area contributed by atoms with E-state index in [-0.39, 0.29) is 17.9 Å². The van der Waals surface area contributed by atoms with Crippen molar-refractivity contribution in [2.75, 3.05) is 13.1 Å². The molecule has 0 unspecified atom stereocenters. The molecule has 1 saturated heterocycles. The fourth-order valence-corrected chi connectivity index (χ4v) is 2.80. The van der Waals surface area contributed by atoms with Crippen LogP contribution in [0.1, 0.15) is 36.0 Å². The van der Waals surface area contributed by atoms with Crippen LogP contribution in [0.3, 0.4) is 0 Å². The molecule has 21 heavy (non-hydrogen) atoms. The van der Waals surface area contributed by atoms with Crippen LogP contribution in [0.5, 0.6) is 0 Å². The summed E-state index contributed by atoms with van der Waals surface area (Å²) < 4.78 is 0. The van der Waals surface area contributed by atoms with Gasteiger partial charge in [-0.15, -0.1) is 0 Å². The zero-order valence-electron chi connectivity index (χ0n) is 12.0. The minimum atomic E-state index is -0.672. The number of hydrogen-bond acceptors (Lipinski definition) is 3. The van der Waals surface area contributed by atoms with Gasteiger partial charge in [0, 0.05) is 24.7 Å². The van der Waals surface area contributed by atoms with Crippen molar-refractivity contribution in [2.45, 2.75) is 37.3 Å². The summed E-state index contributed by atoms with van der Waals surface area (Å²) in [5.74, 6) is -0.117. The number of nitrogens with two attached hydrogens (primary N) is 1. The fraction of sp³-hybridized carbons (Fsp3) is 0.500. The fourth-order valence-electron chi connectivity index (χ4n) is 2.80. The van der Waals surface area contributed by atoms with Crippen molar-refractivity contribution in [3.63, 3.8) is 0 Å². The van der Waals surface area contributed by atoms with E-state index in [0.29, 0.717) is 18.7 Å². The van der Waals surface area contributed by atoms with Gasteiger partial charge in [0.05, 0.1) is 0 Å². The summed E-state index contributed by atoms with van der Waals surface area (Å²) in [6, 6.07) is 9.23. The largest absolute Gasteiger partial charge is 0.341 e. The van der Waals surface area contributed by atoms with Gasteiger partial charge in [0.1, 0.15) is 5.54 Å². The molecule has 112 valence electrons. The average molecular weight is 287 g/mol. The molecule has 1 aliphatic heterocycles. The SMILES string of the molecule is NC1CCN(C(=O)C2(NC(=O)c3ccccc3)CC2)CC1. The molecule has 3 rings (SSSR count). The lowest BCUT2D eigenvalue weighted by Gasteiger charge is -2.33. The maximum atomic E-state index is 12.6. The van der Waals surface area contributed by atoms with Crippen LogP contribution < -0.4 is 11.1 Å². The Morgan fingerprint density at radius 3 is 2.33 bits per heavy atom. The first kappa shape index (κ1) is 14.1. The molecule has 2 amide bonds. The quantitative estimate of drug-likeness (QED) is 0.867. The third-order valence-electron chi connectivity index (χ3n) is 4.37. The first-order valence-corrected chi connectivity index (χ1v) is 7.53. The van der Waals surface area contributed by atoms with Crippen molar-refractivity contribution in [3.8, 4) is 0 Å². The van der Waals surface area contributed by atoms with Crippen LogP contribution in [0, 0.1) is 0 Å². The first-order chi connectivity index (χ1) is 10.1. The number of benzene rings is 1. The smallest absolute Gasteiger partial charge is 0.252 e. The molecular formula is C16H21N3O2. The highest BCUT2D eigenvalue weighted by molar-refractivity contribution is 6.00. The Morgan fingerprint density at radius 1 is 1.14 bits per heavy atom. The van der Waals surface area contributed by atoms with E-state index in [0.717, 1.165) is 25.7 Å². The Hall–Kier alpha value is -1.88. The summed E-state index contributed by atoms with van der Waals surface area (Å²) in [4.78, 5) is 26.7. The molecule has 1 saturated carbocycles. The number of nitrogens with one attached hydrogen (secondary N) is 1. The second kappa shape index (κ2) is 5.48. The molecule has 2 fully saturated rings. The van der Waals surface area contributed by atoms with Gasteiger partial charge in [0.2, 0.25) is 5.91 Å². The number of amides is 2. The third kappa shape index (κ3) is 2.93. The molecule has 0 atom stereocenters. The summed E-state index contributed by atoms with van der Waals surface area (Å²) in [5, 5.41) is 2.93. The van der Waals surface area contributed by atoms with Gasteiger partial charge in [0.15, 0.2) is 0 Å². The Bertz CT molecular complexity index is 532. The summed E-state index contributed by atoms with van der Waals surface area (Å²) in [7, 11) is 0. The van der Waals surface area contributed by atoms with Gasteiger partial charge in [-0.25, -0.2) is 0 Å². The molecule has 1 aromatic rings. The zero-order chi connectivity index (χ0) is 14.9. The van der Waals surface area contributed by atoms with Gasteiger partial charge in [-0.2, -0.15) is 0 Å². The third-order valence-corrected chi connectivity index (χ3v) is 4.37. The van der Waals surface area contributed by atoms with E-state index < -0.39 is 5.54 Å². The molecule has 0 bridgehead atoms. The van der Waals surface area contributed by atoms with Crippen molar-refractivity contribution in [1.82, 2.24) is 10.2 Å². The van der Waals surface area contributed by atoms with Crippen molar-refractivity contribution in [1.29, 1.82) is 0 Å². The van der Waals surface area contributed by atoms with Crippen LogP contribution in [0.2, 0.25) is 0 Å². The molecule has 5 heteroatoms. The van der Waals surface area contributed by atoms with Crippen molar-refractivity contribution < 1.29 is 9.59 Å². The number of piperidine rings is 1. The van der Waals surface area contributed by atoms with Gasteiger partial charge >= 0.3 is 0 Å². The number of hydrogen-bond donors (Lipinski definition) is 2. The van der Waals surface area contributed by atoms with Crippen LogP contribution in [0.15, 0.2) is 30.3 Å². The maximum absolute atomic E-state index is 12.6. The molecule has 1 aromatic carbocycles. The molecule has 5 nitrogen and oxygen atoms in total. The van der Waals surface area contributed by atoms with E-state index in [1.54, 1.807) is 12.1 Å². The van der Waals surface area contributed by atoms with Crippen LogP contribution in [-0.2, 0) is 4.79 Å². The van der Waals surface area contributed by atoms with Crippen molar-refractivity contribution >= 4 is 11.8 Å². The predicted molar refractivity (Wildman–Crippen MR) is 79.7 cm³/mol. The summed E-state index contributed by atoms with van der Waals surface area (Å²) >= 11 is 0. The average Bonchev–Trinajstić information content (AvgIpc) is 3.29. The summed E-state index contributed by atoms with van der Waals surface area (Å²) in [6.45, 7) is 1.39. The Balaban J connectivity index is 1.65. The van der Waals surface area contributed by atoms with E-state index in [2.05, 4.69) is 5.32 Å². The standard InChI is InChI=1S/C16H21N3O2/c17-13-6-10-19(11-7-13)15(21)16(8-9-16)18-14(20)12-4-2-1-3-5-12/h1-5,13H,6-11,17H2,(H,18,20). The summed E-state index contributed by atoms with van der Waals surface area (Å²) in [5.41, 5.74) is 5.79. The van der Waals surface area contributed by atoms with Gasteiger partial charge in [0.25, 0.3) is 5.91 Å². The highest BCUT2D eigenvalue weighted by Gasteiger charge is 2.53. The van der Waals surface area contributed by atoms with E-state index >= 15 is 0 Å². The van der Waals surface area contributed by atoms with Crippen LogP contribution in [-0.4, -0.2) is 41.4 Å². The molecule has 3 N–H and O–H groups in total. The number of carbonyl (C=O) groups excluding carboxylic acids is 2. The zero-order valence-corrected chi connectivity index (χ0v) is 12.0. The monoisotopic (exact) mass is 287 g/mol. The predicted octanol–water partition coefficient (Wildman–Crippen LogP) is 0.899.